The first kappa shape index (κ1) is 15.2. The molecule has 0 spiro atoms. The molecular formula is C17H18ClNO3. The predicted molar refractivity (Wildman–Crippen MR) is 85.6 cm³/mol. The number of hydrogen-bond donors (Lipinski definition) is 2. The predicted octanol–water partition coefficient (Wildman–Crippen LogP) is 2.93. The van der Waals surface area contributed by atoms with Crippen molar-refractivity contribution in [3.63, 3.8) is 0 Å². The van der Waals surface area contributed by atoms with E-state index in [1.165, 1.54) is 5.56 Å². The average molecular weight is 320 g/mol. The van der Waals surface area contributed by atoms with E-state index in [0.717, 1.165) is 5.56 Å². The highest BCUT2D eigenvalue weighted by Gasteiger charge is 2.19. The van der Waals surface area contributed by atoms with Gasteiger partial charge in [-0.2, -0.15) is 0 Å². The fourth-order valence-electron chi connectivity index (χ4n) is 2.39. The van der Waals surface area contributed by atoms with Crippen LogP contribution in [0, 0.1) is 0 Å². The molecule has 0 amide bonds. The van der Waals surface area contributed by atoms with Gasteiger partial charge in [0.1, 0.15) is 13.2 Å². The Balaban J connectivity index is 1.62. The van der Waals surface area contributed by atoms with E-state index in [-0.39, 0.29) is 0 Å². The lowest BCUT2D eigenvalue weighted by Crippen LogP contribution is -2.21. The number of aliphatic hydroxyl groups is 1. The van der Waals surface area contributed by atoms with Crippen LogP contribution in [-0.4, -0.2) is 24.9 Å². The number of benzene rings is 2. The molecule has 5 heteroatoms. The topological polar surface area (TPSA) is 50.7 Å². The average Bonchev–Trinajstić information content (AvgIpc) is 2.56. The Hall–Kier alpha value is -1.75. The number of halogens is 1. The van der Waals surface area contributed by atoms with E-state index < -0.39 is 6.10 Å². The first-order valence-corrected chi connectivity index (χ1v) is 7.63. The first-order chi connectivity index (χ1) is 10.7. The summed E-state index contributed by atoms with van der Waals surface area (Å²) in [5, 5.41) is 14.0. The van der Waals surface area contributed by atoms with Gasteiger partial charge >= 0.3 is 0 Å². The zero-order valence-electron chi connectivity index (χ0n) is 12.1. The minimum Gasteiger partial charge on any atom is -0.486 e. The Kier molecular flexibility index (Phi) is 4.83. The summed E-state index contributed by atoms with van der Waals surface area (Å²) >= 11 is 6.18. The molecule has 2 N–H and O–H groups in total. The quantitative estimate of drug-likeness (QED) is 0.889. The maximum Gasteiger partial charge on any atom is 0.179 e. The van der Waals surface area contributed by atoms with Crippen LogP contribution in [0.2, 0.25) is 5.02 Å². The summed E-state index contributed by atoms with van der Waals surface area (Å²) in [6.07, 6.45) is -0.656. The van der Waals surface area contributed by atoms with Crippen LogP contribution in [0.5, 0.6) is 11.5 Å². The number of ether oxygens (including phenoxy) is 2. The molecule has 1 aliphatic rings. The SMILES string of the molecule is O[C@@H](CNCc1ccccc1)c1cc(Cl)c2c(c1)OCCO2. The molecule has 116 valence electrons. The van der Waals surface area contributed by atoms with Gasteiger partial charge in [0.05, 0.1) is 11.1 Å². The normalized spacial score (nSPS) is 14.6. The van der Waals surface area contributed by atoms with E-state index in [1.54, 1.807) is 12.1 Å². The monoisotopic (exact) mass is 319 g/mol. The van der Waals surface area contributed by atoms with Crippen molar-refractivity contribution in [3.05, 3.63) is 58.6 Å². The Morgan fingerprint density at radius 1 is 1.14 bits per heavy atom. The third-order valence-corrected chi connectivity index (χ3v) is 3.79. The molecule has 0 radical (unpaired) electrons. The van der Waals surface area contributed by atoms with E-state index >= 15 is 0 Å². The number of nitrogens with one attached hydrogen (secondary N) is 1. The third-order valence-electron chi connectivity index (χ3n) is 3.51. The maximum atomic E-state index is 10.3. The molecule has 0 aliphatic carbocycles. The van der Waals surface area contributed by atoms with E-state index in [2.05, 4.69) is 5.32 Å². The zero-order valence-corrected chi connectivity index (χ0v) is 12.8. The van der Waals surface area contributed by atoms with Gasteiger partial charge in [0.25, 0.3) is 0 Å². The van der Waals surface area contributed by atoms with Gasteiger partial charge in [-0.25, -0.2) is 0 Å². The van der Waals surface area contributed by atoms with Crippen molar-refractivity contribution in [2.45, 2.75) is 12.6 Å². The summed E-state index contributed by atoms with van der Waals surface area (Å²) in [6.45, 7) is 2.13. The lowest BCUT2D eigenvalue weighted by molar-refractivity contribution is 0.163. The zero-order chi connectivity index (χ0) is 15.4. The molecule has 4 nitrogen and oxygen atoms in total. The molecule has 0 fully saturated rings. The summed E-state index contributed by atoms with van der Waals surface area (Å²) in [7, 11) is 0. The van der Waals surface area contributed by atoms with Crippen molar-refractivity contribution in [3.8, 4) is 11.5 Å². The summed E-state index contributed by atoms with van der Waals surface area (Å²) in [5.41, 5.74) is 1.89. The Labute approximate surface area is 134 Å². The van der Waals surface area contributed by atoms with Gasteiger partial charge in [-0.1, -0.05) is 41.9 Å². The highest BCUT2D eigenvalue weighted by atomic mass is 35.5. The second kappa shape index (κ2) is 7.01. The van der Waals surface area contributed by atoms with Crippen LogP contribution in [0.15, 0.2) is 42.5 Å². The standard InChI is InChI=1S/C17H18ClNO3/c18-14-8-13(9-16-17(14)22-7-6-21-16)15(20)11-19-10-12-4-2-1-3-5-12/h1-5,8-9,15,19-20H,6-7,10-11H2/t15-/m0/s1. The van der Waals surface area contributed by atoms with E-state index in [9.17, 15) is 5.11 Å². The fourth-order valence-corrected chi connectivity index (χ4v) is 2.66. The molecule has 2 aromatic carbocycles. The van der Waals surface area contributed by atoms with Gasteiger partial charge < -0.3 is 19.9 Å². The molecule has 0 saturated carbocycles. The van der Waals surface area contributed by atoms with Crippen LogP contribution in [-0.2, 0) is 6.54 Å². The van der Waals surface area contributed by atoms with Crippen LogP contribution in [0.25, 0.3) is 0 Å². The Bertz CT molecular complexity index is 633. The third kappa shape index (κ3) is 3.53. The summed E-state index contributed by atoms with van der Waals surface area (Å²) in [4.78, 5) is 0. The van der Waals surface area contributed by atoms with Gasteiger partial charge in [-0.05, 0) is 23.3 Å². The molecule has 2 aromatic rings. The highest BCUT2D eigenvalue weighted by molar-refractivity contribution is 6.32. The molecule has 0 unspecified atom stereocenters. The molecule has 0 saturated heterocycles. The number of rotatable bonds is 5. The molecule has 1 atom stereocenters. The van der Waals surface area contributed by atoms with Gasteiger partial charge in [-0.3, -0.25) is 0 Å². The van der Waals surface area contributed by atoms with E-state index in [1.807, 2.05) is 30.3 Å². The number of fused-ring (bicyclic) bond motifs is 1. The minimum absolute atomic E-state index is 0.435. The Morgan fingerprint density at radius 3 is 2.73 bits per heavy atom. The number of aliphatic hydroxyl groups excluding tert-OH is 1. The second-order valence-electron chi connectivity index (χ2n) is 5.16. The fraction of sp³-hybridized carbons (Fsp3) is 0.294. The lowest BCUT2D eigenvalue weighted by atomic mass is 10.1. The summed E-state index contributed by atoms with van der Waals surface area (Å²) < 4.78 is 11.0. The minimum atomic E-state index is -0.656. The van der Waals surface area contributed by atoms with Crippen LogP contribution >= 0.6 is 11.6 Å². The van der Waals surface area contributed by atoms with Crippen molar-refractivity contribution in [1.29, 1.82) is 0 Å². The molecule has 0 bridgehead atoms. The van der Waals surface area contributed by atoms with Crippen LogP contribution in [0.1, 0.15) is 17.2 Å². The van der Waals surface area contributed by atoms with Crippen molar-refractivity contribution < 1.29 is 14.6 Å². The van der Waals surface area contributed by atoms with Crippen LogP contribution in [0.3, 0.4) is 0 Å². The van der Waals surface area contributed by atoms with Crippen LogP contribution < -0.4 is 14.8 Å². The van der Waals surface area contributed by atoms with E-state index in [0.29, 0.717) is 42.8 Å². The molecule has 1 heterocycles. The van der Waals surface area contributed by atoms with Gasteiger partial charge in [0, 0.05) is 13.1 Å². The maximum absolute atomic E-state index is 10.3. The van der Waals surface area contributed by atoms with Gasteiger partial charge in [0.15, 0.2) is 11.5 Å². The molecule has 3 rings (SSSR count). The second-order valence-corrected chi connectivity index (χ2v) is 5.57. The lowest BCUT2D eigenvalue weighted by Gasteiger charge is -2.21. The van der Waals surface area contributed by atoms with Gasteiger partial charge in [-0.15, -0.1) is 0 Å². The number of hydrogen-bond acceptors (Lipinski definition) is 4. The van der Waals surface area contributed by atoms with Crippen molar-refractivity contribution in [2.24, 2.45) is 0 Å². The summed E-state index contributed by atoms with van der Waals surface area (Å²) in [6, 6.07) is 13.6. The van der Waals surface area contributed by atoms with Crippen LogP contribution in [0.4, 0.5) is 0 Å². The van der Waals surface area contributed by atoms with Crippen molar-refractivity contribution in [1.82, 2.24) is 5.32 Å². The molecule has 22 heavy (non-hydrogen) atoms. The molecule has 0 aromatic heterocycles. The molecular weight excluding hydrogens is 302 g/mol. The van der Waals surface area contributed by atoms with Gasteiger partial charge in [0.2, 0.25) is 0 Å². The largest absolute Gasteiger partial charge is 0.486 e. The Morgan fingerprint density at radius 2 is 1.91 bits per heavy atom. The van der Waals surface area contributed by atoms with Crippen molar-refractivity contribution >= 4 is 11.6 Å². The smallest absolute Gasteiger partial charge is 0.179 e. The highest BCUT2D eigenvalue weighted by Crippen LogP contribution is 2.39. The molecule has 1 aliphatic heterocycles. The summed E-state index contributed by atoms with van der Waals surface area (Å²) in [5.74, 6) is 1.15. The first-order valence-electron chi connectivity index (χ1n) is 7.26. The van der Waals surface area contributed by atoms with E-state index in [4.69, 9.17) is 21.1 Å². The van der Waals surface area contributed by atoms with Crippen molar-refractivity contribution in [2.75, 3.05) is 19.8 Å².